The summed E-state index contributed by atoms with van der Waals surface area (Å²) in [6, 6.07) is 7.58. The first-order chi connectivity index (χ1) is 10.1. The third-order valence-electron chi connectivity index (χ3n) is 3.66. The molecule has 0 spiro atoms. The van der Waals surface area contributed by atoms with Crippen molar-refractivity contribution in [1.82, 2.24) is 4.90 Å². The summed E-state index contributed by atoms with van der Waals surface area (Å²) in [7, 11) is 1.38. The van der Waals surface area contributed by atoms with E-state index in [9.17, 15) is 9.59 Å². The maximum Gasteiger partial charge on any atom is 0.310 e. The number of hydrogen-bond acceptors (Lipinski definition) is 4. The van der Waals surface area contributed by atoms with Crippen molar-refractivity contribution in [3.63, 3.8) is 0 Å². The second kappa shape index (κ2) is 7.11. The first-order valence-electron chi connectivity index (χ1n) is 7.15. The molecular formula is C16H21NO4. The Morgan fingerprint density at radius 1 is 1.38 bits per heavy atom. The van der Waals surface area contributed by atoms with Crippen LogP contribution in [-0.2, 0) is 14.3 Å². The number of likely N-dealkylation sites (tertiary alicyclic amines) is 1. The third kappa shape index (κ3) is 4.21. The SMILES string of the molecule is COC(=O)C1CCCN(C(=O)COc2cccc(C)c2)C1. The van der Waals surface area contributed by atoms with E-state index in [1.54, 1.807) is 4.90 Å². The van der Waals surface area contributed by atoms with E-state index in [0.717, 1.165) is 18.4 Å². The van der Waals surface area contributed by atoms with Gasteiger partial charge in [-0.15, -0.1) is 0 Å². The molecule has 1 heterocycles. The van der Waals surface area contributed by atoms with Crippen molar-refractivity contribution in [2.45, 2.75) is 19.8 Å². The van der Waals surface area contributed by atoms with E-state index in [4.69, 9.17) is 9.47 Å². The number of hydrogen-bond donors (Lipinski definition) is 0. The molecule has 0 saturated carbocycles. The summed E-state index contributed by atoms with van der Waals surface area (Å²) in [5, 5.41) is 0. The van der Waals surface area contributed by atoms with Gasteiger partial charge >= 0.3 is 5.97 Å². The molecule has 1 fully saturated rings. The van der Waals surface area contributed by atoms with E-state index in [-0.39, 0.29) is 24.4 Å². The van der Waals surface area contributed by atoms with Crippen LogP contribution in [0, 0.1) is 12.8 Å². The number of nitrogens with zero attached hydrogens (tertiary/aromatic N) is 1. The van der Waals surface area contributed by atoms with Gasteiger partial charge < -0.3 is 14.4 Å². The Balaban J connectivity index is 1.86. The molecule has 21 heavy (non-hydrogen) atoms. The molecule has 0 aliphatic carbocycles. The summed E-state index contributed by atoms with van der Waals surface area (Å²) in [5.41, 5.74) is 1.09. The van der Waals surface area contributed by atoms with Gasteiger partial charge in [0, 0.05) is 13.1 Å². The van der Waals surface area contributed by atoms with Crippen LogP contribution in [-0.4, -0.2) is 43.6 Å². The number of benzene rings is 1. The van der Waals surface area contributed by atoms with Gasteiger partial charge in [-0.2, -0.15) is 0 Å². The van der Waals surface area contributed by atoms with Crippen LogP contribution in [0.25, 0.3) is 0 Å². The number of rotatable bonds is 4. The number of methoxy groups -OCH3 is 1. The van der Waals surface area contributed by atoms with Gasteiger partial charge in [-0.1, -0.05) is 12.1 Å². The Hall–Kier alpha value is -2.04. The molecule has 0 bridgehead atoms. The van der Waals surface area contributed by atoms with Gasteiger partial charge in [0.15, 0.2) is 6.61 Å². The maximum absolute atomic E-state index is 12.2. The molecule has 1 atom stereocenters. The summed E-state index contributed by atoms with van der Waals surface area (Å²) in [6.07, 6.45) is 1.59. The average Bonchev–Trinajstić information content (AvgIpc) is 2.52. The highest BCUT2D eigenvalue weighted by molar-refractivity contribution is 5.79. The average molecular weight is 291 g/mol. The van der Waals surface area contributed by atoms with E-state index in [1.165, 1.54) is 7.11 Å². The van der Waals surface area contributed by atoms with Crippen LogP contribution >= 0.6 is 0 Å². The lowest BCUT2D eigenvalue weighted by Gasteiger charge is -2.31. The minimum absolute atomic E-state index is 0.00263. The largest absolute Gasteiger partial charge is 0.484 e. The summed E-state index contributed by atoms with van der Waals surface area (Å²) in [5.74, 6) is 0.133. The van der Waals surface area contributed by atoms with E-state index in [0.29, 0.717) is 18.8 Å². The van der Waals surface area contributed by atoms with E-state index < -0.39 is 0 Å². The smallest absolute Gasteiger partial charge is 0.310 e. The molecule has 0 aromatic heterocycles. The van der Waals surface area contributed by atoms with Crippen molar-refractivity contribution in [1.29, 1.82) is 0 Å². The fourth-order valence-corrected chi connectivity index (χ4v) is 2.50. The van der Waals surface area contributed by atoms with Crippen molar-refractivity contribution in [2.24, 2.45) is 5.92 Å². The molecule has 2 rings (SSSR count). The van der Waals surface area contributed by atoms with Crippen molar-refractivity contribution in [2.75, 3.05) is 26.8 Å². The van der Waals surface area contributed by atoms with Gasteiger partial charge in [-0.05, 0) is 37.5 Å². The molecule has 1 aliphatic rings. The molecule has 1 aromatic carbocycles. The predicted octanol–water partition coefficient (Wildman–Crippen LogP) is 1.79. The number of aryl methyl sites for hydroxylation is 1. The number of carbonyl (C=O) groups is 2. The van der Waals surface area contributed by atoms with Crippen LogP contribution in [0.1, 0.15) is 18.4 Å². The predicted molar refractivity (Wildman–Crippen MR) is 78.0 cm³/mol. The second-order valence-corrected chi connectivity index (χ2v) is 5.31. The zero-order valence-corrected chi connectivity index (χ0v) is 12.5. The minimum atomic E-state index is -0.243. The lowest BCUT2D eigenvalue weighted by molar-refractivity contribution is -0.149. The van der Waals surface area contributed by atoms with Crippen LogP contribution in [0.3, 0.4) is 0 Å². The molecular weight excluding hydrogens is 270 g/mol. The zero-order valence-electron chi connectivity index (χ0n) is 12.5. The highest BCUT2D eigenvalue weighted by Gasteiger charge is 2.29. The van der Waals surface area contributed by atoms with E-state index in [2.05, 4.69) is 0 Å². The van der Waals surface area contributed by atoms with Crippen molar-refractivity contribution in [3.8, 4) is 5.75 Å². The van der Waals surface area contributed by atoms with Crippen molar-refractivity contribution in [3.05, 3.63) is 29.8 Å². The standard InChI is InChI=1S/C16H21NO4/c1-12-5-3-7-14(9-12)21-11-15(18)17-8-4-6-13(10-17)16(19)20-2/h3,5,7,9,13H,4,6,8,10-11H2,1-2H3. The van der Waals surface area contributed by atoms with Crippen LogP contribution in [0.2, 0.25) is 0 Å². The summed E-state index contributed by atoms with van der Waals surface area (Å²) < 4.78 is 10.3. The summed E-state index contributed by atoms with van der Waals surface area (Å²) >= 11 is 0. The van der Waals surface area contributed by atoms with Crippen LogP contribution in [0.5, 0.6) is 5.75 Å². The van der Waals surface area contributed by atoms with Crippen LogP contribution in [0.4, 0.5) is 0 Å². The Morgan fingerprint density at radius 3 is 2.90 bits per heavy atom. The van der Waals surface area contributed by atoms with Gasteiger partial charge in [0.2, 0.25) is 0 Å². The number of ether oxygens (including phenoxy) is 2. The van der Waals surface area contributed by atoms with Crippen LogP contribution in [0.15, 0.2) is 24.3 Å². The molecule has 0 N–H and O–H groups in total. The summed E-state index contributed by atoms with van der Waals surface area (Å²) in [6.45, 7) is 3.06. The number of piperidine rings is 1. The Bertz CT molecular complexity index is 515. The molecule has 0 radical (unpaired) electrons. The van der Waals surface area contributed by atoms with Crippen molar-refractivity contribution < 1.29 is 19.1 Å². The van der Waals surface area contributed by atoms with Crippen molar-refractivity contribution >= 4 is 11.9 Å². The zero-order chi connectivity index (χ0) is 15.2. The second-order valence-electron chi connectivity index (χ2n) is 5.31. The molecule has 1 aliphatic heterocycles. The molecule has 114 valence electrons. The minimum Gasteiger partial charge on any atom is -0.484 e. The molecule has 5 heteroatoms. The van der Waals surface area contributed by atoms with E-state index >= 15 is 0 Å². The van der Waals surface area contributed by atoms with Gasteiger partial charge in [-0.3, -0.25) is 9.59 Å². The molecule has 1 amide bonds. The molecule has 1 unspecified atom stereocenters. The molecule has 5 nitrogen and oxygen atoms in total. The third-order valence-corrected chi connectivity index (χ3v) is 3.66. The Kier molecular flexibility index (Phi) is 5.20. The quantitative estimate of drug-likeness (QED) is 0.794. The highest BCUT2D eigenvalue weighted by atomic mass is 16.5. The van der Waals surface area contributed by atoms with Gasteiger partial charge in [0.05, 0.1) is 13.0 Å². The lowest BCUT2D eigenvalue weighted by Crippen LogP contribution is -2.44. The topological polar surface area (TPSA) is 55.8 Å². The lowest BCUT2D eigenvalue weighted by atomic mass is 9.98. The first kappa shape index (κ1) is 15.4. The number of amides is 1. The Labute approximate surface area is 124 Å². The fraction of sp³-hybridized carbons (Fsp3) is 0.500. The number of carbonyl (C=O) groups excluding carboxylic acids is 2. The first-order valence-corrected chi connectivity index (χ1v) is 7.15. The fourth-order valence-electron chi connectivity index (χ4n) is 2.50. The molecule has 1 aromatic rings. The normalized spacial score (nSPS) is 18.2. The van der Waals surface area contributed by atoms with E-state index in [1.807, 2.05) is 31.2 Å². The van der Waals surface area contributed by atoms with Gasteiger partial charge in [0.25, 0.3) is 5.91 Å². The van der Waals surface area contributed by atoms with Gasteiger partial charge in [-0.25, -0.2) is 0 Å². The monoisotopic (exact) mass is 291 g/mol. The Morgan fingerprint density at radius 2 is 2.19 bits per heavy atom. The summed E-state index contributed by atoms with van der Waals surface area (Å²) in [4.78, 5) is 25.4. The maximum atomic E-state index is 12.2. The van der Waals surface area contributed by atoms with Crippen LogP contribution < -0.4 is 4.74 Å². The molecule has 1 saturated heterocycles. The van der Waals surface area contributed by atoms with Gasteiger partial charge in [0.1, 0.15) is 5.75 Å². The highest BCUT2D eigenvalue weighted by Crippen LogP contribution is 2.18. The number of esters is 1.